The molecule has 22 heavy (non-hydrogen) atoms. The van der Waals surface area contributed by atoms with Crippen molar-refractivity contribution in [3.05, 3.63) is 24.3 Å². The van der Waals surface area contributed by atoms with E-state index in [9.17, 15) is 10.2 Å². The molecule has 0 saturated carbocycles. The van der Waals surface area contributed by atoms with Crippen LogP contribution in [0.1, 0.15) is 87.0 Å². The molecule has 2 nitrogen and oxygen atoms in total. The van der Waals surface area contributed by atoms with Gasteiger partial charge in [0.1, 0.15) is 0 Å². The summed E-state index contributed by atoms with van der Waals surface area (Å²) in [4.78, 5) is 0. The van der Waals surface area contributed by atoms with Gasteiger partial charge in [-0.05, 0) is 72.6 Å². The van der Waals surface area contributed by atoms with E-state index >= 15 is 0 Å². The second kappa shape index (κ2) is 11.9. The Labute approximate surface area is 139 Å². The van der Waals surface area contributed by atoms with E-state index in [0.29, 0.717) is 5.92 Å². The first-order chi connectivity index (χ1) is 9.93. The van der Waals surface area contributed by atoms with Crippen LogP contribution in [0.25, 0.3) is 0 Å². The quantitative estimate of drug-likeness (QED) is 0.541. The largest absolute Gasteiger partial charge is 0.390 e. The molecular weight excluding hydrogens is 272 g/mol. The molecule has 0 aromatic heterocycles. The van der Waals surface area contributed by atoms with Gasteiger partial charge in [-0.1, -0.05) is 38.0 Å². The molecule has 0 saturated heterocycles. The monoisotopic (exact) mass is 312 g/mol. The maximum atomic E-state index is 9.61. The highest BCUT2D eigenvalue weighted by molar-refractivity contribution is 4.93. The van der Waals surface area contributed by atoms with Crippen molar-refractivity contribution in [1.29, 1.82) is 0 Å². The van der Waals surface area contributed by atoms with Crippen LogP contribution in [0.15, 0.2) is 24.3 Å². The lowest BCUT2D eigenvalue weighted by Crippen LogP contribution is -2.21. The summed E-state index contributed by atoms with van der Waals surface area (Å²) in [6.45, 7) is 17.6. The third-order valence-corrected chi connectivity index (χ3v) is 3.85. The lowest BCUT2D eigenvalue weighted by molar-refractivity contribution is 0.0480. The Morgan fingerprint density at radius 3 is 2.05 bits per heavy atom. The molecule has 0 aromatic carbocycles. The van der Waals surface area contributed by atoms with Gasteiger partial charge < -0.3 is 10.2 Å². The number of hydrogen-bond donors (Lipinski definition) is 2. The molecule has 132 valence electrons. The minimum Gasteiger partial charge on any atom is -0.390 e. The van der Waals surface area contributed by atoms with Gasteiger partial charge in [-0.25, -0.2) is 0 Å². The second-order valence-electron chi connectivity index (χ2n) is 7.59. The summed E-state index contributed by atoms with van der Waals surface area (Å²) >= 11 is 0. The average molecular weight is 313 g/mol. The van der Waals surface area contributed by atoms with Gasteiger partial charge in [0.05, 0.1) is 11.2 Å². The molecule has 0 aliphatic rings. The van der Waals surface area contributed by atoms with E-state index < -0.39 is 11.2 Å². The predicted molar refractivity (Wildman–Crippen MR) is 99.1 cm³/mol. The first kappa shape index (κ1) is 23.7. The van der Waals surface area contributed by atoms with Gasteiger partial charge in [0.2, 0.25) is 0 Å². The maximum Gasteiger partial charge on any atom is 0.0620 e. The van der Waals surface area contributed by atoms with E-state index in [4.69, 9.17) is 0 Å². The van der Waals surface area contributed by atoms with Crippen LogP contribution in [0.3, 0.4) is 0 Å². The van der Waals surface area contributed by atoms with Crippen LogP contribution in [-0.2, 0) is 0 Å². The number of hydrogen-bond acceptors (Lipinski definition) is 2. The van der Waals surface area contributed by atoms with Crippen molar-refractivity contribution in [2.24, 2.45) is 5.92 Å². The highest BCUT2D eigenvalue weighted by atomic mass is 16.3. The Morgan fingerprint density at radius 2 is 1.68 bits per heavy atom. The molecule has 0 radical (unpaired) electrons. The van der Waals surface area contributed by atoms with Crippen molar-refractivity contribution in [3.63, 3.8) is 0 Å². The molecule has 0 amide bonds. The van der Waals surface area contributed by atoms with Gasteiger partial charge in [-0.3, -0.25) is 0 Å². The van der Waals surface area contributed by atoms with Gasteiger partial charge >= 0.3 is 0 Å². The summed E-state index contributed by atoms with van der Waals surface area (Å²) in [5.74, 6) is 0.581. The van der Waals surface area contributed by atoms with Crippen molar-refractivity contribution in [3.8, 4) is 0 Å². The van der Waals surface area contributed by atoms with Crippen molar-refractivity contribution in [2.45, 2.75) is 98.2 Å². The normalized spacial score (nSPS) is 15.1. The molecule has 0 bridgehead atoms. The Kier molecular flexibility index (Phi) is 12.8. The Hall–Kier alpha value is -0.600. The van der Waals surface area contributed by atoms with Crippen molar-refractivity contribution < 1.29 is 10.2 Å². The van der Waals surface area contributed by atoms with Gasteiger partial charge in [0.15, 0.2) is 0 Å². The molecule has 0 aromatic rings. The lowest BCUT2D eigenvalue weighted by atomic mass is 9.97. The zero-order valence-corrected chi connectivity index (χ0v) is 16.1. The number of allylic oxidation sites excluding steroid dienone is 3. The maximum absolute atomic E-state index is 9.61. The molecule has 0 fully saturated rings. The predicted octanol–water partition coefficient (Wildman–Crippen LogP) is 5.64. The Morgan fingerprint density at radius 1 is 1.14 bits per heavy atom. The second-order valence-corrected chi connectivity index (χ2v) is 7.59. The third kappa shape index (κ3) is 19.4. The molecule has 2 heteroatoms. The van der Waals surface area contributed by atoms with Crippen LogP contribution in [0, 0.1) is 5.92 Å². The summed E-state index contributed by atoms with van der Waals surface area (Å²) in [6, 6.07) is 0. The van der Waals surface area contributed by atoms with E-state index in [1.807, 2.05) is 33.8 Å². The van der Waals surface area contributed by atoms with Crippen molar-refractivity contribution in [1.82, 2.24) is 0 Å². The summed E-state index contributed by atoms with van der Waals surface area (Å²) in [5, 5.41) is 19.0. The highest BCUT2D eigenvalue weighted by Gasteiger charge is 2.15. The third-order valence-electron chi connectivity index (χ3n) is 3.85. The van der Waals surface area contributed by atoms with Crippen LogP contribution < -0.4 is 0 Å². The first-order valence-corrected chi connectivity index (χ1v) is 8.64. The minimum atomic E-state index is -0.499. The summed E-state index contributed by atoms with van der Waals surface area (Å²) in [7, 11) is 0. The summed E-state index contributed by atoms with van der Waals surface area (Å²) in [6.07, 6.45) is 9.92. The summed E-state index contributed by atoms with van der Waals surface area (Å²) in [5.41, 5.74) is 0.365. The standard InChI is InChI=1S/2C10H20O/c1-5-9(2)7-6-8-10(3,4)11;1-5-10(4,11)8-6-7-9(2)3/h5,9,11H,1,6-8H2,2-4H3;7,11H,5-6,8H2,1-4H3. The fourth-order valence-electron chi connectivity index (χ4n) is 1.82. The number of aliphatic hydroxyl groups is 2. The SMILES string of the molecule is C=CC(C)CCCC(C)(C)O.CCC(C)(O)CCC=C(C)C. The molecular formula is C20H40O2. The zero-order valence-electron chi connectivity index (χ0n) is 16.1. The fourth-order valence-corrected chi connectivity index (χ4v) is 1.82. The highest BCUT2D eigenvalue weighted by Crippen LogP contribution is 2.17. The van der Waals surface area contributed by atoms with Gasteiger partial charge in [0, 0.05) is 0 Å². The van der Waals surface area contributed by atoms with Crippen LogP contribution in [0.5, 0.6) is 0 Å². The average Bonchev–Trinajstić information content (AvgIpc) is 2.37. The molecule has 0 spiro atoms. The van der Waals surface area contributed by atoms with E-state index in [-0.39, 0.29) is 0 Å². The van der Waals surface area contributed by atoms with Gasteiger partial charge in [-0.15, -0.1) is 6.58 Å². The fraction of sp³-hybridized carbons (Fsp3) is 0.800. The molecule has 2 N–H and O–H groups in total. The Balaban J connectivity index is 0. The van der Waals surface area contributed by atoms with Crippen molar-refractivity contribution >= 4 is 0 Å². The van der Waals surface area contributed by atoms with E-state index in [1.165, 1.54) is 5.57 Å². The van der Waals surface area contributed by atoms with E-state index in [0.717, 1.165) is 38.5 Å². The lowest BCUT2D eigenvalue weighted by Gasteiger charge is -2.19. The minimum absolute atomic E-state index is 0.466. The van der Waals surface area contributed by atoms with Gasteiger partial charge in [-0.2, -0.15) is 0 Å². The van der Waals surface area contributed by atoms with E-state index in [2.05, 4.69) is 33.4 Å². The topological polar surface area (TPSA) is 40.5 Å². The van der Waals surface area contributed by atoms with Crippen LogP contribution in [0.4, 0.5) is 0 Å². The van der Waals surface area contributed by atoms with Crippen LogP contribution in [0.2, 0.25) is 0 Å². The van der Waals surface area contributed by atoms with Gasteiger partial charge in [0.25, 0.3) is 0 Å². The molecule has 0 heterocycles. The summed E-state index contributed by atoms with van der Waals surface area (Å²) < 4.78 is 0. The smallest absolute Gasteiger partial charge is 0.0620 e. The van der Waals surface area contributed by atoms with Crippen molar-refractivity contribution in [2.75, 3.05) is 0 Å². The molecule has 0 aliphatic heterocycles. The van der Waals surface area contributed by atoms with Crippen LogP contribution in [-0.4, -0.2) is 21.4 Å². The van der Waals surface area contributed by atoms with E-state index in [1.54, 1.807) is 0 Å². The first-order valence-electron chi connectivity index (χ1n) is 8.64. The molecule has 0 rings (SSSR count). The Bertz CT molecular complexity index is 304. The zero-order chi connectivity index (χ0) is 17.8. The number of rotatable bonds is 9. The molecule has 0 aliphatic carbocycles. The molecule has 2 atom stereocenters. The molecule has 2 unspecified atom stereocenters. The van der Waals surface area contributed by atoms with Crippen LogP contribution >= 0.6 is 0 Å².